The molecule has 0 atom stereocenters. The molecule has 0 unspecified atom stereocenters. The molecule has 0 bridgehead atoms. The summed E-state index contributed by atoms with van der Waals surface area (Å²) in [7, 11) is -1.86. The van der Waals surface area contributed by atoms with Crippen LogP contribution in [0.3, 0.4) is 0 Å². The van der Waals surface area contributed by atoms with Gasteiger partial charge in [-0.1, -0.05) is 17.7 Å². The number of aryl methyl sites for hydroxylation is 1. The number of nitrogens with zero attached hydrogens (tertiary/aromatic N) is 2. The third-order valence-corrected chi connectivity index (χ3v) is 7.20. The molecule has 7 nitrogen and oxygen atoms in total. The quantitative estimate of drug-likeness (QED) is 0.676. The lowest BCUT2D eigenvalue weighted by atomic mass is 10.1. The molecule has 0 aliphatic carbocycles. The molecular weight excluding hydrogens is 414 g/mol. The SMILES string of the molecule is CCOc1ccc(N(CC(=O)NC2CCN(C)CC2)S(=O)(=O)c2ccc(C)cc2)cc1. The molecule has 1 heterocycles. The number of nitrogens with one attached hydrogen (secondary N) is 1. The molecule has 0 radical (unpaired) electrons. The first-order valence-corrected chi connectivity index (χ1v) is 12.0. The molecule has 1 amide bonds. The van der Waals surface area contributed by atoms with Crippen LogP contribution in [0.5, 0.6) is 5.75 Å². The smallest absolute Gasteiger partial charge is 0.264 e. The molecule has 31 heavy (non-hydrogen) atoms. The first-order chi connectivity index (χ1) is 14.8. The van der Waals surface area contributed by atoms with Crippen LogP contribution in [0.15, 0.2) is 53.4 Å². The minimum absolute atomic E-state index is 0.0629. The average Bonchev–Trinajstić information content (AvgIpc) is 2.75. The van der Waals surface area contributed by atoms with Crippen molar-refractivity contribution in [2.75, 3.05) is 37.6 Å². The molecule has 0 saturated carbocycles. The predicted octanol–water partition coefficient (Wildman–Crippen LogP) is 2.80. The van der Waals surface area contributed by atoms with Crippen LogP contribution >= 0.6 is 0 Å². The summed E-state index contributed by atoms with van der Waals surface area (Å²) < 4.78 is 33.5. The molecule has 1 fully saturated rings. The summed E-state index contributed by atoms with van der Waals surface area (Å²) in [4.78, 5) is 15.2. The second kappa shape index (κ2) is 10.2. The van der Waals surface area contributed by atoms with Gasteiger partial charge in [0.25, 0.3) is 10.0 Å². The van der Waals surface area contributed by atoms with Crippen LogP contribution in [0.4, 0.5) is 5.69 Å². The second-order valence-corrected chi connectivity index (χ2v) is 9.76. The van der Waals surface area contributed by atoms with Gasteiger partial charge in [0.2, 0.25) is 5.91 Å². The number of amides is 1. The fourth-order valence-corrected chi connectivity index (χ4v) is 5.01. The zero-order valence-electron chi connectivity index (χ0n) is 18.4. The van der Waals surface area contributed by atoms with Gasteiger partial charge in [-0.3, -0.25) is 9.10 Å². The number of ether oxygens (including phenoxy) is 1. The number of hydrogen-bond acceptors (Lipinski definition) is 5. The van der Waals surface area contributed by atoms with Crippen molar-refractivity contribution in [1.29, 1.82) is 0 Å². The Morgan fingerprint density at radius 2 is 1.71 bits per heavy atom. The fraction of sp³-hybridized carbons (Fsp3) is 0.435. The van der Waals surface area contributed by atoms with Gasteiger partial charge in [-0.05, 0) is 83.2 Å². The fourth-order valence-electron chi connectivity index (χ4n) is 3.58. The van der Waals surface area contributed by atoms with Crippen molar-refractivity contribution in [2.45, 2.75) is 37.6 Å². The van der Waals surface area contributed by atoms with Crippen molar-refractivity contribution in [1.82, 2.24) is 10.2 Å². The molecule has 3 rings (SSSR count). The first kappa shape index (κ1) is 23.1. The highest BCUT2D eigenvalue weighted by Crippen LogP contribution is 2.26. The molecule has 1 N–H and O–H groups in total. The Bertz CT molecular complexity index is 967. The molecule has 168 valence electrons. The van der Waals surface area contributed by atoms with Crippen LogP contribution in [0, 0.1) is 6.92 Å². The van der Waals surface area contributed by atoms with Crippen molar-refractivity contribution in [3.8, 4) is 5.75 Å². The molecule has 2 aromatic carbocycles. The summed E-state index contributed by atoms with van der Waals surface area (Å²) >= 11 is 0. The molecule has 0 aromatic heterocycles. The lowest BCUT2D eigenvalue weighted by Gasteiger charge is -2.30. The summed E-state index contributed by atoms with van der Waals surface area (Å²) in [5.41, 5.74) is 1.38. The predicted molar refractivity (Wildman–Crippen MR) is 122 cm³/mol. The number of carbonyl (C=O) groups excluding carboxylic acids is 1. The number of carbonyl (C=O) groups is 1. The van der Waals surface area contributed by atoms with Crippen LogP contribution in [0.25, 0.3) is 0 Å². The number of hydrogen-bond donors (Lipinski definition) is 1. The molecule has 8 heteroatoms. The largest absolute Gasteiger partial charge is 0.494 e. The zero-order valence-corrected chi connectivity index (χ0v) is 19.2. The van der Waals surface area contributed by atoms with E-state index in [1.807, 2.05) is 13.8 Å². The minimum Gasteiger partial charge on any atom is -0.494 e. The minimum atomic E-state index is -3.92. The average molecular weight is 446 g/mol. The van der Waals surface area contributed by atoms with Gasteiger partial charge in [-0.25, -0.2) is 8.42 Å². The van der Waals surface area contributed by atoms with Crippen molar-refractivity contribution >= 4 is 21.6 Å². The maximum absolute atomic E-state index is 13.4. The standard InChI is InChI=1S/C23H31N3O4S/c1-4-30-21-9-7-20(8-10-21)26(31(28,29)22-11-5-18(2)6-12-22)17-23(27)24-19-13-15-25(3)16-14-19/h5-12,19H,4,13-17H2,1-3H3,(H,24,27). The Kier molecular flexibility index (Phi) is 7.56. The van der Waals surface area contributed by atoms with Crippen molar-refractivity contribution in [3.05, 3.63) is 54.1 Å². The van der Waals surface area contributed by atoms with Gasteiger partial charge in [0.15, 0.2) is 0 Å². The van der Waals surface area contributed by atoms with E-state index in [1.165, 1.54) is 0 Å². The number of likely N-dealkylation sites (tertiary alicyclic amines) is 1. The number of rotatable bonds is 8. The third-order valence-electron chi connectivity index (χ3n) is 5.42. The van der Waals surface area contributed by atoms with E-state index >= 15 is 0 Å². The van der Waals surface area contributed by atoms with E-state index in [1.54, 1.807) is 48.5 Å². The normalized spacial score (nSPS) is 15.5. The Labute approximate surface area is 185 Å². The van der Waals surface area contributed by atoms with Crippen molar-refractivity contribution in [3.63, 3.8) is 0 Å². The van der Waals surface area contributed by atoms with Crippen LogP contribution in [-0.2, 0) is 14.8 Å². The van der Waals surface area contributed by atoms with Gasteiger partial charge in [-0.2, -0.15) is 0 Å². The van der Waals surface area contributed by atoms with Gasteiger partial charge < -0.3 is 15.0 Å². The van der Waals surface area contributed by atoms with E-state index in [0.29, 0.717) is 18.0 Å². The Hall–Kier alpha value is -2.58. The third kappa shape index (κ3) is 5.98. The van der Waals surface area contributed by atoms with Crippen LogP contribution in [0.1, 0.15) is 25.3 Å². The van der Waals surface area contributed by atoms with Gasteiger partial charge in [0.05, 0.1) is 17.2 Å². The van der Waals surface area contributed by atoms with E-state index in [-0.39, 0.29) is 23.4 Å². The van der Waals surface area contributed by atoms with Crippen molar-refractivity contribution < 1.29 is 17.9 Å². The highest BCUT2D eigenvalue weighted by Gasteiger charge is 2.28. The van der Waals surface area contributed by atoms with E-state index in [0.717, 1.165) is 35.8 Å². The number of piperidine rings is 1. The van der Waals surface area contributed by atoms with Crippen LogP contribution in [0.2, 0.25) is 0 Å². The number of benzene rings is 2. The topological polar surface area (TPSA) is 79.0 Å². The Morgan fingerprint density at radius 1 is 1.10 bits per heavy atom. The van der Waals surface area contributed by atoms with Crippen LogP contribution in [-0.4, -0.2) is 58.6 Å². The van der Waals surface area contributed by atoms with Gasteiger partial charge in [0, 0.05) is 6.04 Å². The summed E-state index contributed by atoms with van der Waals surface area (Å²) in [5.74, 6) is 0.342. The lowest BCUT2D eigenvalue weighted by molar-refractivity contribution is -0.120. The molecule has 1 aliphatic heterocycles. The first-order valence-electron chi connectivity index (χ1n) is 10.6. The maximum Gasteiger partial charge on any atom is 0.264 e. The molecule has 1 saturated heterocycles. The number of sulfonamides is 1. The van der Waals surface area contributed by atoms with E-state index in [9.17, 15) is 13.2 Å². The van der Waals surface area contributed by atoms with Gasteiger partial charge in [0.1, 0.15) is 12.3 Å². The van der Waals surface area contributed by atoms with Crippen LogP contribution < -0.4 is 14.4 Å². The molecular formula is C23H31N3O4S. The summed E-state index contributed by atoms with van der Waals surface area (Å²) in [5, 5.41) is 3.01. The van der Waals surface area contributed by atoms with E-state index < -0.39 is 10.0 Å². The lowest BCUT2D eigenvalue weighted by Crippen LogP contribution is -2.47. The van der Waals surface area contributed by atoms with E-state index in [4.69, 9.17) is 4.74 Å². The van der Waals surface area contributed by atoms with E-state index in [2.05, 4.69) is 17.3 Å². The highest BCUT2D eigenvalue weighted by atomic mass is 32.2. The number of anilines is 1. The highest BCUT2D eigenvalue weighted by molar-refractivity contribution is 7.92. The van der Waals surface area contributed by atoms with Crippen molar-refractivity contribution in [2.24, 2.45) is 0 Å². The zero-order chi connectivity index (χ0) is 22.4. The Balaban J connectivity index is 1.84. The second-order valence-electron chi connectivity index (χ2n) is 7.90. The summed E-state index contributed by atoms with van der Waals surface area (Å²) in [6, 6.07) is 13.5. The summed E-state index contributed by atoms with van der Waals surface area (Å²) in [6.45, 7) is 5.84. The van der Waals surface area contributed by atoms with Gasteiger partial charge >= 0.3 is 0 Å². The van der Waals surface area contributed by atoms with Gasteiger partial charge in [-0.15, -0.1) is 0 Å². The maximum atomic E-state index is 13.4. The molecule has 0 spiro atoms. The summed E-state index contributed by atoms with van der Waals surface area (Å²) in [6.07, 6.45) is 1.71. The molecule has 1 aliphatic rings. The molecule has 2 aromatic rings. The monoisotopic (exact) mass is 445 g/mol. The Morgan fingerprint density at radius 3 is 2.29 bits per heavy atom.